The van der Waals surface area contributed by atoms with Gasteiger partial charge >= 0.3 is 0 Å². The summed E-state index contributed by atoms with van der Waals surface area (Å²) in [6.45, 7) is 2.55. The van der Waals surface area contributed by atoms with Gasteiger partial charge in [-0.2, -0.15) is 0 Å². The molecule has 0 spiro atoms. The summed E-state index contributed by atoms with van der Waals surface area (Å²) in [7, 11) is 0. The van der Waals surface area contributed by atoms with E-state index >= 15 is 0 Å². The van der Waals surface area contributed by atoms with Gasteiger partial charge in [-0.25, -0.2) is 4.39 Å². The van der Waals surface area contributed by atoms with Crippen molar-refractivity contribution in [3.63, 3.8) is 0 Å². The molecule has 3 aromatic carbocycles. The van der Waals surface area contributed by atoms with Crippen molar-refractivity contribution in [1.82, 2.24) is 0 Å². The Hall–Kier alpha value is -2.61. The van der Waals surface area contributed by atoms with Crippen LogP contribution < -0.4 is 4.74 Å². The van der Waals surface area contributed by atoms with Crippen molar-refractivity contribution < 1.29 is 9.13 Å². The third-order valence-corrected chi connectivity index (χ3v) is 3.54. The number of hydrogen-bond donors (Lipinski definition) is 0. The van der Waals surface area contributed by atoms with Crippen molar-refractivity contribution in [3.05, 3.63) is 78.6 Å². The number of rotatable bonds is 4. The van der Waals surface area contributed by atoms with E-state index in [4.69, 9.17) is 4.74 Å². The minimum Gasteiger partial charge on any atom is -0.493 e. The van der Waals surface area contributed by atoms with E-state index < -0.39 is 0 Å². The minimum atomic E-state index is -0.237. The van der Waals surface area contributed by atoms with Crippen molar-refractivity contribution in [2.45, 2.75) is 6.92 Å². The summed E-state index contributed by atoms with van der Waals surface area (Å²) in [5, 5.41) is 0. The van der Waals surface area contributed by atoms with Crippen LogP contribution in [0.3, 0.4) is 0 Å². The molecular weight excluding hydrogens is 275 g/mol. The van der Waals surface area contributed by atoms with Gasteiger partial charge in [-0.3, -0.25) is 0 Å². The molecule has 2 heteroatoms. The van der Waals surface area contributed by atoms with Crippen molar-refractivity contribution in [2.75, 3.05) is 6.61 Å². The Bertz CT molecular complexity index is 748. The van der Waals surface area contributed by atoms with Crippen molar-refractivity contribution in [2.24, 2.45) is 0 Å². The zero-order valence-corrected chi connectivity index (χ0v) is 12.4. The molecule has 0 bridgehead atoms. The Labute approximate surface area is 130 Å². The molecule has 0 aliphatic rings. The van der Waals surface area contributed by atoms with E-state index in [1.165, 1.54) is 12.1 Å². The summed E-state index contributed by atoms with van der Waals surface area (Å²) in [5.41, 5.74) is 4.14. The first kappa shape index (κ1) is 14.3. The van der Waals surface area contributed by atoms with Crippen LogP contribution in [0, 0.1) is 5.82 Å². The lowest BCUT2D eigenvalue weighted by Gasteiger charge is -2.15. The lowest BCUT2D eigenvalue weighted by atomic mass is 9.93. The fourth-order valence-electron chi connectivity index (χ4n) is 2.58. The monoisotopic (exact) mass is 292 g/mol. The molecule has 3 aromatic rings. The second-order valence-electron chi connectivity index (χ2n) is 4.98. The predicted molar refractivity (Wildman–Crippen MR) is 88.4 cm³/mol. The topological polar surface area (TPSA) is 9.23 Å². The average Bonchev–Trinajstić information content (AvgIpc) is 2.57. The van der Waals surface area contributed by atoms with Gasteiger partial charge in [0.25, 0.3) is 0 Å². The van der Waals surface area contributed by atoms with Gasteiger partial charge in [0.15, 0.2) is 0 Å². The Kier molecular flexibility index (Phi) is 4.19. The van der Waals surface area contributed by atoms with Gasteiger partial charge in [-0.05, 0) is 41.8 Å². The molecule has 0 saturated carbocycles. The highest BCUT2D eigenvalue weighted by Gasteiger charge is 2.13. The highest BCUT2D eigenvalue weighted by atomic mass is 19.1. The Balaban J connectivity index is 2.22. The molecule has 110 valence electrons. The molecule has 0 N–H and O–H groups in total. The van der Waals surface area contributed by atoms with Crippen LogP contribution in [0.15, 0.2) is 72.8 Å². The number of ether oxygens (including phenoxy) is 1. The van der Waals surface area contributed by atoms with E-state index in [9.17, 15) is 4.39 Å². The lowest BCUT2D eigenvalue weighted by molar-refractivity contribution is 0.342. The lowest BCUT2D eigenvalue weighted by Crippen LogP contribution is -1.96. The summed E-state index contributed by atoms with van der Waals surface area (Å²) in [5.74, 6) is 0.578. The maximum Gasteiger partial charge on any atom is 0.127 e. The quantitative estimate of drug-likeness (QED) is 0.612. The van der Waals surface area contributed by atoms with Crippen LogP contribution in [0.4, 0.5) is 4.39 Å². The van der Waals surface area contributed by atoms with E-state index in [0.717, 1.165) is 28.0 Å². The van der Waals surface area contributed by atoms with Gasteiger partial charge in [0.2, 0.25) is 0 Å². The number of halogens is 1. The molecule has 22 heavy (non-hydrogen) atoms. The summed E-state index contributed by atoms with van der Waals surface area (Å²) in [6.07, 6.45) is 0. The van der Waals surface area contributed by atoms with Gasteiger partial charge in [0.1, 0.15) is 11.6 Å². The molecule has 0 atom stereocenters. The molecule has 0 aliphatic heterocycles. The van der Waals surface area contributed by atoms with Crippen LogP contribution in [-0.2, 0) is 0 Å². The summed E-state index contributed by atoms with van der Waals surface area (Å²) in [6, 6.07) is 22.7. The van der Waals surface area contributed by atoms with Crippen LogP contribution in [0.5, 0.6) is 5.75 Å². The highest BCUT2D eigenvalue weighted by molar-refractivity contribution is 5.87. The Morgan fingerprint density at radius 3 is 2.18 bits per heavy atom. The molecular formula is C20H17FO. The molecule has 3 rings (SSSR count). The number of benzene rings is 3. The molecule has 0 fully saturated rings. The van der Waals surface area contributed by atoms with E-state index in [2.05, 4.69) is 18.2 Å². The second-order valence-corrected chi connectivity index (χ2v) is 4.98. The van der Waals surface area contributed by atoms with E-state index in [0.29, 0.717) is 6.61 Å². The van der Waals surface area contributed by atoms with E-state index in [1.54, 1.807) is 12.1 Å². The van der Waals surface area contributed by atoms with Crippen molar-refractivity contribution in [3.8, 4) is 28.0 Å². The summed E-state index contributed by atoms with van der Waals surface area (Å²) < 4.78 is 19.0. The third-order valence-electron chi connectivity index (χ3n) is 3.54. The molecule has 0 aromatic heterocycles. The van der Waals surface area contributed by atoms with Crippen LogP contribution in [0.2, 0.25) is 0 Å². The molecule has 0 unspecified atom stereocenters. The van der Waals surface area contributed by atoms with Crippen LogP contribution >= 0.6 is 0 Å². The van der Waals surface area contributed by atoms with Gasteiger partial charge in [-0.1, -0.05) is 54.6 Å². The first-order chi connectivity index (χ1) is 10.8. The van der Waals surface area contributed by atoms with Gasteiger partial charge in [-0.15, -0.1) is 0 Å². The maximum atomic E-state index is 13.2. The predicted octanol–water partition coefficient (Wildman–Crippen LogP) is 5.56. The van der Waals surface area contributed by atoms with Crippen LogP contribution in [-0.4, -0.2) is 6.61 Å². The van der Waals surface area contributed by atoms with E-state index in [1.807, 2.05) is 37.3 Å². The normalized spacial score (nSPS) is 10.5. The first-order valence-corrected chi connectivity index (χ1v) is 7.36. The molecule has 0 heterocycles. The fraction of sp³-hybridized carbons (Fsp3) is 0.100. The summed E-state index contributed by atoms with van der Waals surface area (Å²) in [4.78, 5) is 0. The zero-order valence-electron chi connectivity index (χ0n) is 12.4. The molecule has 1 nitrogen and oxygen atoms in total. The maximum absolute atomic E-state index is 13.2. The minimum absolute atomic E-state index is 0.237. The average molecular weight is 292 g/mol. The van der Waals surface area contributed by atoms with Gasteiger partial charge in [0.05, 0.1) is 6.61 Å². The molecule has 0 saturated heterocycles. The zero-order chi connectivity index (χ0) is 15.4. The van der Waals surface area contributed by atoms with Crippen LogP contribution in [0.1, 0.15) is 6.92 Å². The highest BCUT2D eigenvalue weighted by Crippen LogP contribution is 2.39. The Morgan fingerprint density at radius 1 is 0.773 bits per heavy atom. The fourth-order valence-corrected chi connectivity index (χ4v) is 2.58. The summed E-state index contributed by atoms with van der Waals surface area (Å²) >= 11 is 0. The standard InChI is InChI=1S/C20H17FO/c1-2-22-19-10-6-9-18(15-7-4-3-5-8-15)20(19)16-11-13-17(21)14-12-16/h3-14H,2H2,1H3. The Morgan fingerprint density at radius 2 is 1.50 bits per heavy atom. The van der Waals surface area contributed by atoms with Crippen molar-refractivity contribution in [1.29, 1.82) is 0 Å². The van der Waals surface area contributed by atoms with Gasteiger partial charge < -0.3 is 4.74 Å². The SMILES string of the molecule is CCOc1cccc(-c2ccccc2)c1-c1ccc(F)cc1. The van der Waals surface area contributed by atoms with E-state index in [-0.39, 0.29) is 5.82 Å². The third kappa shape index (κ3) is 2.86. The molecule has 0 radical (unpaired) electrons. The van der Waals surface area contributed by atoms with Gasteiger partial charge in [0, 0.05) is 5.56 Å². The van der Waals surface area contributed by atoms with Crippen LogP contribution in [0.25, 0.3) is 22.3 Å². The second kappa shape index (κ2) is 6.44. The largest absolute Gasteiger partial charge is 0.493 e. The molecule has 0 aliphatic carbocycles. The smallest absolute Gasteiger partial charge is 0.127 e. The van der Waals surface area contributed by atoms with Crippen molar-refractivity contribution >= 4 is 0 Å². The number of hydrogen-bond acceptors (Lipinski definition) is 1. The molecule has 0 amide bonds. The first-order valence-electron chi connectivity index (χ1n) is 7.36.